The minimum absolute atomic E-state index is 0.0210. The van der Waals surface area contributed by atoms with Gasteiger partial charge in [0.25, 0.3) is 5.69 Å². The number of nitrogens with zero attached hydrogens (tertiary/aromatic N) is 3. The monoisotopic (exact) mass is 294 g/mol. The number of nitro benzene ring substituents is 1. The molecule has 1 aromatic heterocycles. The van der Waals surface area contributed by atoms with Crippen LogP contribution in [0.3, 0.4) is 0 Å². The van der Waals surface area contributed by atoms with Gasteiger partial charge in [-0.2, -0.15) is 0 Å². The van der Waals surface area contributed by atoms with E-state index in [9.17, 15) is 10.1 Å². The van der Waals surface area contributed by atoms with Crippen molar-refractivity contribution < 1.29 is 4.92 Å². The van der Waals surface area contributed by atoms with Gasteiger partial charge in [0.1, 0.15) is 12.1 Å². The molecule has 3 aromatic rings. The Labute approximate surface area is 127 Å². The summed E-state index contributed by atoms with van der Waals surface area (Å²) in [5.74, 6) is 0.557. The molecule has 0 saturated carbocycles. The Morgan fingerprint density at radius 2 is 2.05 bits per heavy atom. The molecule has 0 fully saturated rings. The van der Waals surface area contributed by atoms with Gasteiger partial charge in [-0.05, 0) is 30.2 Å². The van der Waals surface area contributed by atoms with Crippen LogP contribution in [-0.2, 0) is 6.42 Å². The molecule has 22 heavy (non-hydrogen) atoms. The van der Waals surface area contributed by atoms with Gasteiger partial charge in [-0.1, -0.05) is 19.1 Å². The summed E-state index contributed by atoms with van der Waals surface area (Å²) in [6, 6.07) is 12.5. The maximum Gasteiger partial charge on any atom is 0.270 e. The highest BCUT2D eigenvalue weighted by atomic mass is 16.6. The van der Waals surface area contributed by atoms with Crippen LogP contribution < -0.4 is 5.32 Å². The Morgan fingerprint density at radius 3 is 2.82 bits per heavy atom. The lowest BCUT2D eigenvalue weighted by Crippen LogP contribution is -1.97. The van der Waals surface area contributed by atoms with Gasteiger partial charge in [0.15, 0.2) is 0 Å². The maximum atomic E-state index is 10.9. The molecule has 3 rings (SSSR count). The number of hydrogen-bond acceptors (Lipinski definition) is 5. The second kappa shape index (κ2) is 5.77. The molecule has 0 bridgehead atoms. The van der Waals surface area contributed by atoms with Gasteiger partial charge in [-0.25, -0.2) is 9.97 Å². The summed E-state index contributed by atoms with van der Waals surface area (Å²) in [4.78, 5) is 18.9. The highest BCUT2D eigenvalue weighted by Gasteiger charge is 2.10. The third-order valence-electron chi connectivity index (χ3n) is 3.43. The van der Waals surface area contributed by atoms with Crippen molar-refractivity contribution in [2.75, 3.05) is 5.32 Å². The van der Waals surface area contributed by atoms with Crippen LogP contribution in [0.25, 0.3) is 10.9 Å². The number of rotatable bonds is 4. The van der Waals surface area contributed by atoms with Gasteiger partial charge < -0.3 is 5.32 Å². The molecule has 6 heteroatoms. The Balaban J connectivity index is 2.05. The van der Waals surface area contributed by atoms with Gasteiger partial charge in [-0.3, -0.25) is 10.1 Å². The topological polar surface area (TPSA) is 81.0 Å². The van der Waals surface area contributed by atoms with Crippen LogP contribution >= 0.6 is 0 Å². The van der Waals surface area contributed by atoms with Crippen LogP contribution in [-0.4, -0.2) is 14.9 Å². The number of nitrogens with one attached hydrogen (secondary N) is 1. The summed E-state index contributed by atoms with van der Waals surface area (Å²) in [5, 5.41) is 14.8. The van der Waals surface area contributed by atoms with E-state index in [-0.39, 0.29) is 5.69 Å². The molecule has 6 nitrogen and oxygen atoms in total. The van der Waals surface area contributed by atoms with Gasteiger partial charge in [0, 0.05) is 23.2 Å². The molecule has 110 valence electrons. The SMILES string of the molecule is CCc1cccc(Nc2ncnc3ccc([N+](=O)[O-])cc23)c1. The van der Waals surface area contributed by atoms with E-state index in [1.54, 1.807) is 6.07 Å². The van der Waals surface area contributed by atoms with Gasteiger partial charge in [0.2, 0.25) is 0 Å². The lowest BCUT2D eigenvalue weighted by molar-refractivity contribution is -0.384. The molecule has 1 heterocycles. The summed E-state index contributed by atoms with van der Waals surface area (Å²) < 4.78 is 0. The Morgan fingerprint density at radius 1 is 1.18 bits per heavy atom. The van der Waals surface area contributed by atoms with Gasteiger partial charge in [-0.15, -0.1) is 0 Å². The lowest BCUT2D eigenvalue weighted by Gasteiger charge is -2.09. The quantitative estimate of drug-likeness (QED) is 0.584. The molecule has 0 unspecified atom stereocenters. The Kier molecular flexibility index (Phi) is 3.65. The van der Waals surface area contributed by atoms with Crippen molar-refractivity contribution in [3.8, 4) is 0 Å². The Hall–Kier alpha value is -3.02. The van der Waals surface area contributed by atoms with Crippen molar-refractivity contribution in [1.82, 2.24) is 9.97 Å². The molecule has 0 spiro atoms. The number of benzene rings is 2. The number of nitro groups is 1. The van der Waals surface area contributed by atoms with Crippen molar-refractivity contribution >= 4 is 28.1 Å². The molecular formula is C16H14N4O2. The fourth-order valence-electron chi connectivity index (χ4n) is 2.26. The first-order valence-electron chi connectivity index (χ1n) is 6.92. The number of anilines is 2. The minimum Gasteiger partial charge on any atom is -0.340 e. The van der Waals surface area contributed by atoms with E-state index < -0.39 is 4.92 Å². The van der Waals surface area contributed by atoms with Crippen LogP contribution in [0.2, 0.25) is 0 Å². The molecule has 0 atom stereocenters. The van der Waals surface area contributed by atoms with Crippen molar-refractivity contribution in [2.24, 2.45) is 0 Å². The number of non-ortho nitro benzene ring substituents is 1. The molecule has 2 aromatic carbocycles. The van der Waals surface area contributed by atoms with Crippen molar-refractivity contribution in [1.29, 1.82) is 0 Å². The molecule has 0 saturated heterocycles. The van der Waals surface area contributed by atoms with E-state index in [4.69, 9.17) is 0 Å². The zero-order valence-electron chi connectivity index (χ0n) is 12.0. The largest absolute Gasteiger partial charge is 0.340 e. The summed E-state index contributed by atoms with van der Waals surface area (Å²) >= 11 is 0. The van der Waals surface area contributed by atoms with E-state index in [0.717, 1.165) is 12.1 Å². The fraction of sp³-hybridized carbons (Fsp3) is 0.125. The highest BCUT2D eigenvalue weighted by molar-refractivity contribution is 5.92. The van der Waals surface area contributed by atoms with Crippen molar-refractivity contribution in [3.63, 3.8) is 0 Å². The van der Waals surface area contributed by atoms with E-state index in [1.807, 2.05) is 24.3 Å². The normalized spacial score (nSPS) is 10.6. The maximum absolute atomic E-state index is 10.9. The summed E-state index contributed by atoms with van der Waals surface area (Å²) in [6.45, 7) is 2.09. The van der Waals surface area contributed by atoms with E-state index in [0.29, 0.717) is 16.7 Å². The zero-order chi connectivity index (χ0) is 15.5. The first-order valence-corrected chi connectivity index (χ1v) is 6.92. The van der Waals surface area contributed by atoms with E-state index in [2.05, 4.69) is 22.2 Å². The second-order valence-electron chi connectivity index (χ2n) is 4.86. The molecule has 0 amide bonds. The number of aryl methyl sites for hydroxylation is 1. The predicted octanol–water partition coefficient (Wildman–Crippen LogP) is 3.84. The highest BCUT2D eigenvalue weighted by Crippen LogP contribution is 2.26. The minimum atomic E-state index is -0.423. The van der Waals surface area contributed by atoms with Crippen LogP contribution in [0.5, 0.6) is 0 Å². The zero-order valence-corrected chi connectivity index (χ0v) is 12.0. The third-order valence-corrected chi connectivity index (χ3v) is 3.43. The van der Waals surface area contributed by atoms with E-state index >= 15 is 0 Å². The third kappa shape index (κ3) is 2.71. The summed E-state index contributed by atoms with van der Waals surface area (Å²) in [5.41, 5.74) is 2.78. The molecular weight excluding hydrogens is 280 g/mol. The second-order valence-corrected chi connectivity index (χ2v) is 4.86. The Bertz CT molecular complexity index is 848. The first kappa shape index (κ1) is 13.9. The molecule has 0 aliphatic carbocycles. The van der Waals surface area contributed by atoms with Crippen molar-refractivity contribution in [3.05, 3.63) is 64.5 Å². The molecule has 1 N–H and O–H groups in total. The molecule has 0 aliphatic heterocycles. The fourth-order valence-corrected chi connectivity index (χ4v) is 2.26. The predicted molar refractivity (Wildman–Crippen MR) is 85.3 cm³/mol. The summed E-state index contributed by atoms with van der Waals surface area (Å²) in [6.07, 6.45) is 2.38. The lowest BCUT2D eigenvalue weighted by atomic mass is 10.1. The average molecular weight is 294 g/mol. The van der Waals surface area contributed by atoms with Gasteiger partial charge >= 0.3 is 0 Å². The van der Waals surface area contributed by atoms with Crippen molar-refractivity contribution in [2.45, 2.75) is 13.3 Å². The van der Waals surface area contributed by atoms with Crippen LogP contribution in [0.4, 0.5) is 17.2 Å². The first-order chi connectivity index (χ1) is 10.7. The number of hydrogen-bond donors (Lipinski definition) is 1. The standard InChI is InChI=1S/C16H14N4O2/c1-2-11-4-3-5-12(8-11)19-16-14-9-13(20(21)22)6-7-15(14)17-10-18-16/h3-10H,2H2,1H3,(H,17,18,19). The molecule has 0 aliphatic rings. The number of fused-ring (bicyclic) bond motifs is 1. The van der Waals surface area contributed by atoms with Gasteiger partial charge in [0.05, 0.1) is 10.4 Å². The van der Waals surface area contributed by atoms with E-state index in [1.165, 1.54) is 24.0 Å². The number of aromatic nitrogens is 2. The average Bonchev–Trinajstić information content (AvgIpc) is 2.55. The van der Waals surface area contributed by atoms with Crippen LogP contribution in [0, 0.1) is 10.1 Å². The summed E-state index contributed by atoms with van der Waals surface area (Å²) in [7, 11) is 0. The van der Waals surface area contributed by atoms with Crippen LogP contribution in [0.1, 0.15) is 12.5 Å². The smallest absolute Gasteiger partial charge is 0.270 e. The molecule has 0 radical (unpaired) electrons. The van der Waals surface area contributed by atoms with Crippen LogP contribution in [0.15, 0.2) is 48.8 Å².